The Labute approximate surface area is 261 Å². The van der Waals surface area contributed by atoms with E-state index in [0.717, 1.165) is 18.4 Å². The van der Waals surface area contributed by atoms with Gasteiger partial charge in [-0.05, 0) is 61.4 Å². The van der Waals surface area contributed by atoms with Crippen LogP contribution in [-0.2, 0) is 26.8 Å². The summed E-state index contributed by atoms with van der Waals surface area (Å²) in [6.07, 6.45) is 3.58. The number of amides is 2. The lowest BCUT2D eigenvalue weighted by Crippen LogP contribution is -2.49. The number of nitrogens with one attached hydrogen (secondary N) is 4. The number of benzene rings is 2. The van der Waals surface area contributed by atoms with E-state index in [1.54, 1.807) is 30.5 Å². The van der Waals surface area contributed by atoms with Crippen molar-refractivity contribution in [3.63, 3.8) is 0 Å². The van der Waals surface area contributed by atoms with Crippen molar-refractivity contribution in [3.8, 4) is 11.8 Å². The first kappa shape index (κ1) is 34.5. The molecule has 4 N–H and O–H groups in total. The highest BCUT2D eigenvalue weighted by molar-refractivity contribution is 7.84. The second-order valence-electron chi connectivity index (χ2n) is 11.0. The zero-order valence-corrected chi connectivity index (χ0v) is 26.7. The van der Waals surface area contributed by atoms with Crippen molar-refractivity contribution >= 4 is 40.1 Å². The number of anilines is 1. The van der Waals surface area contributed by atoms with Gasteiger partial charge >= 0.3 is 6.09 Å². The zero-order valence-electron chi connectivity index (χ0n) is 25.2. The van der Waals surface area contributed by atoms with Crippen molar-refractivity contribution in [3.05, 3.63) is 64.4 Å². The summed E-state index contributed by atoms with van der Waals surface area (Å²) in [5.74, 6) is 5.64. The molecule has 2 amide bonds. The van der Waals surface area contributed by atoms with Crippen LogP contribution in [0.25, 0.3) is 0 Å². The van der Waals surface area contributed by atoms with Gasteiger partial charge in [0.1, 0.15) is 11.9 Å². The Morgan fingerprint density at radius 2 is 1.91 bits per heavy atom. The molecule has 5 atom stereocenters. The second-order valence-corrected chi connectivity index (χ2v) is 13.0. The predicted molar refractivity (Wildman–Crippen MR) is 171 cm³/mol. The van der Waals surface area contributed by atoms with E-state index in [1.807, 2.05) is 26.0 Å². The molecule has 1 aliphatic rings. The van der Waals surface area contributed by atoms with Gasteiger partial charge in [-0.2, -0.15) is 0 Å². The van der Waals surface area contributed by atoms with Crippen molar-refractivity contribution in [2.45, 2.75) is 63.6 Å². The van der Waals surface area contributed by atoms with E-state index >= 15 is 4.39 Å². The standard InChI is InChI=1S/C32H42ClFN4O4S/c1-21(2)29(22-12-14-23(33)15-13-22)30(38-32(40)42-3)31(39)37-28-11-5-10-27(34)26(28)17-16-25-20-36-24(8-6-18-35-25)9-7-19-43(4)41/h5,10-15,21,24-25,29-30,35-36H,7,9,16-20H2,1-4H3,(H,37,39)(H,38,40)/t24?,25?,29?,30-,43?/m0/s1. The summed E-state index contributed by atoms with van der Waals surface area (Å²) < 4.78 is 31.4. The molecule has 8 nitrogen and oxygen atoms in total. The average Bonchev–Trinajstić information content (AvgIpc) is 2.95. The minimum atomic E-state index is -0.998. The van der Waals surface area contributed by atoms with Crippen molar-refractivity contribution in [1.29, 1.82) is 0 Å². The Morgan fingerprint density at radius 3 is 2.58 bits per heavy atom. The highest BCUT2D eigenvalue weighted by atomic mass is 35.5. The van der Waals surface area contributed by atoms with Crippen molar-refractivity contribution in [2.24, 2.45) is 5.92 Å². The molecule has 43 heavy (non-hydrogen) atoms. The van der Waals surface area contributed by atoms with Crippen LogP contribution in [0.5, 0.6) is 0 Å². The highest BCUT2D eigenvalue weighted by Gasteiger charge is 2.34. The van der Waals surface area contributed by atoms with Crippen molar-refractivity contribution in [1.82, 2.24) is 16.0 Å². The molecule has 0 saturated heterocycles. The zero-order chi connectivity index (χ0) is 31.4. The summed E-state index contributed by atoms with van der Waals surface area (Å²) in [7, 11) is 0.411. The Hall–Kier alpha value is -2.97. The Bertz CT molecular complexity index is 1310. The van der Waals surface area contributed by atoms with E-state index in [0.29, 0.717) is 48.0 Å². The van der Waals surface area contributed by atoms with Crippen LogP contribution < -0.4 is 21.3 Å². The maximum absolute atomic E-state index is 15.2. The molecule has 0 aliphatic carbocycles. The maximum atomic E-state index is 15.2. The number of halogens is 2. The lowest BCUT2D eigenvalue weighted by atomic mass is 9.82. The molecule has 0 saturated carbocycles. The quantitative estimate of drug-likeness (QED) is 0.240. The van der Waals surface area contributed by atoms with Gasteiger partial charge in [-0.1, -0.05) is 55.5 Å². The average molecular weight is 633 g/mol. The molecule has 0 aromatic heterocycles. The van der Waals surface area contributed by atoms with E-state index in [4.69, 9.17) is 16.3 Å². The van der Waals surface area contributed by atoms with Gasteiger partial charge < -0.3 is 26.0 Å². The van der Waals surface area contributed by atoms with Gasteiger partial charge in [0.15, 0.2) is 0 Å². The fourth-order valence-electron chi connectivity index (χ4n) is 5.26. The molecule has 3 rings (SSSR count). The van der Waals surface area contributed by atoms with Gasteiger partial charge in [0, 0.05) is 57.6 Å². The van der Waals surface area contributed by atoms with E-state index in [2.05, 4.69) is 33.1 Å². The molecule has 2 aromatic rings. The smallest absolute Gasteiger partial charge is 0.407 e. The number of rotatable bonds is 13. The Morgan fingerprint density at radius 1 is 1.16 bits per heavy atom. The van der Waals surface area contributed by atoms with Gasteiger partial charge in [0.25, 0.3) is 0 Å². The van der Waals surface area contributed by atoms with Gasteiger partial charge in [-0.3, -0.25) is 9.00 Å². The lowest BCUT2D eigenvalue weighted by molar-refractivity contribution is -0.118. The van der Waals surface area contributed by atoms with Gasteiger partial charge in [-0.25, -0.2) is 9.18 Å². The summed E-state index contributed by atoms with van der Waals surface area (Å²) in [4.78, 5) is 26.1. The third-order valence-corrected chi connectivity index (χ3v) is 8.60. The van der Waals surface area contributed by atoms with Crippen LogP contribution >= 0.6 is 11.6 Å². The van der Waals surface area contributed by atoms with Crippen LogP contribution in [0, 0.1) is 23.6 Å². The van der Waals surface area contributed by atoms with Gasteiger partial charge in [-0.15, -0.1) is 0 Å². The number of methoxy groups -OCH3 is 1. The minimum Gasteiger partial charge on any atom is -0.453 e. The molecule has 11 heteroatoms. The molecule has 0 bridgehead atoms. The number of ether oxygens (including phenoxy) is 1. The third-order valence-electron chi connectivity index (χ3n) is 7.48. The summed E-state index contributed by atoms with van der Waals surface area (Å²) in [6.45, 7) is 5.09. The molecule has 1 aliphatic heterocycles. The summed E-state index contributed by atoms with van der Waals surface area (Å²) in [6, 6.07) is 10.8. The normalized spacial score (nSPS) is 18.8. The number of carbonyl (C=O) groups is 2. The van der Waals surface area contributed by atoms with Crippen molar-refractivity contribution in [2.75, 3.05) is 37.5 Å². The number of hydrogen-bond donors (Lipinski definition) is 4. The molecule has 2 aromatic carbocycles. The molecular formula is C32H42ClFN4O4S. The Balaban J connectivity index is 1.75. The van der Waals surface area contributed by atoms with E-state index in [1.165, 1.54) is 13.2 Å². The summed E-state index contributed by atoms with van der Waals surface area (Å²) in [5, 5.41) is 13.0. The van der Waals surface area contributed by atoms with Crippen LogP contribution in [0.1, 0.15) is 50.2 Å². The topological polar surface area (TPSA) is 109 Å². The highest BCUT2D eigenvalue weighted by Crippen LogP contribution is 2.31. The number of alkyl carbamates (subject to hydrolysis) is 1. The van der Waals surface area contributed by atoms with E-state index in [-0.39, 0.29) is 18.0 Å². The lowest BCUT2D eigenvalue weighted by Gasteiger charge is -2.30. The van der Waals surface area contributed by atoms with Crippen LogP contribution in [-0.4, -0.2) is 66.5 Å². The SMILES string of the molecule is COC(=O)N[C@H](C(=O)Nc1cccc(F)c1CCC1CNC(CCCS(C)=O)C#CCN1)C(c1ccc(Cl)cc1)C(C)C. The molecule has 0 radical (unpaired) electrons. The first-order valence-corrected chi connectivity index (χ1v) is 16.6. The number of hydrogen-bond acceptors (Lipinski definition) is 6. The molecule has 234 valence electrons. The van der Waals surface area contributed by atoms with E-state index < -0.39 is 40.6 Å². The largest absolute Gasteiger partial charge is 0.453 e. The minimum absolute atomic E-state index is 0.0187. The predicted octanol–water partition coefficient (Wildman–Crippen LogP) is 4.61. The van der Waals surface area contributed by atoms with E-state index in [9.17, 15) is 13.8 Å². The first-order chi connectivity index (χ1) is 20.6. The van der Waals surface area contributed by atoms with Crippen molar-refractivity contribution < 1.29 is 22.9 Å². The van der Waals surface area contributed by atoms with Gasteiger partial charge in [0.05, 0.1) is 19.7 Å². The molecule has 0 fully saturated rings. The Kier molecular flexibility index (Phi) is 13.9. The maximum Gasteiger partial charge on any atom is 0.407 e. The van der Waals surface area contributed by atoms with Crippen LogP contribution in [0.2, 0.25) is 5.02 Å². The molecule has 0 spiro atoms. The summed E-state index contributed by atoms with van der Waals surface area (Å²) >= 11 is 6.10. The fourth-order valence-corrected chi connectivity index (χ4v) is 5.96. The third kappa shape index (κ3) is 10.9. The van der Waals surface area contributed by atoms with Crippen LogP contribution in [0.4, 0.5) is 14.9 Å². The van der Waals surface area contributed by atoms with Gasteiger partial charge in [0.2, 0.25) is 5.91 Å². The summed E-state index contributed by atoms with van der Waals surface area (Å²) in [5.41, 5.74) is 1.56. The molecule has 1 heterocycles. The molecule has 4 unspecified atom stereocenters. The monoisotopic (exact) mass is 632 g/mol. The van der Waals surface area contributed by atoms with Crippen LogP contribution in [0.3, 0.4) is 0 Å². The molecular weight excluding hydrogens is 591 g/mol. The van der Waals surface area contributed by atoms with Crippen LogP contribution in [0.15, 0.2) is 42.5 Å². The second kappa shape index (κ2) is 17.4. The number of carbonyl (C=O) groups excluding carboxylic acids is 2. The fraction of sp³-hybridized carbons (Fsp3) is 0.500. The first-order valence-electron chi connectivity index (χ1n) is 14.5.